The van der Waals surface area contributed by atoms with Crippen LogP contribution in [0.15, 0.2) is 12.4 Å². The Kier molecular flexibility index (Phi) is 4.57. The van der Waals surface area contributed by atoms with Crippen molar-refractivity contribution >= 4 is 0 Å². The van der Waals surface area contributed by atoms with Gasteiger partial charge in [0.15, 0.2) is 0 Å². The molecule has 2 rings (SSSR count). The van der Waals surface area contributed by atoms with Gasteiger partial charge in [0.05, 0.1) is 18.8 Å². The monoisotopic (exact) mass is 237 g/mol. The zero-order chi connectivity index (χ0) is 12.1. The summed E-state index contributed by atoms with van der Waals surface area (Å²) in [5, 5.41) is 8.03. The van der Waals surface area contributed by atoms with Crippen LogP contribution in [0.25, 0.3) is 0 Å². The highest BCUT2D eigenvalue weighted by Gasteiger charge is 2.19. The number of hydrogen-bond donors (Lipinski definition) is 1. The van der Waals surface area contributed by atoms with Crippen molar-refractivity contribution in [3.63, 3.8) is 0 Å². The molecule has 4 nitrogen and oxygen atoms in total. The van der Waals surface area contributed by atoms with Gasteiger partial charge in [0.1, 0.15) is 0 Å². The molecule has 0 aliphatic carbocycles. The second-order valence-electron chi connectivity index (χ2n) is 4.69. The van der Waals surface area contributed by atoms with Gasteiger partial charge in [-0.2, -0.15) is 5.10 Å². The number of nitrogens with one attached hydrogen (secondary N) is 1. The Hall–Kier alpha value is -0.870. The van der Waals surface area contributed by atoms with E-state index >= 15 is 0 Å². The van der Waals surface area contributed by atoms with E-state index in [1.54, 1.807) is 0 Å². The Morgan fingerprint density at radius 1 is 1.59 bits per heavy atom. The lowest BCUT2D eigenvalue weighted by atomic mass is 10.1. The topological polar surface area (TPSA) is 39.1 Å². The highest BCUT2D eigenvalue weighted by atomic mass is 16.5. The summed E-state index contributed by atoms with van der Waals surface area (Å²) >= 11 is 0. The average Bonchev–Trinajstić information content (AvgIpc) is 3.00. The van der Waals surface area contributed by atoms with E-state index in [0.717, 1.165) is 32.6 Å². The largest absolute Gasteiger partial charge is 0.379 e. The minimum Gasteiger partial charge on any atom is -0.379 e. The number of hydrogen-bond acceptors (Lipinski definition) is 3. The molecule has 1 N–H and O–H groups in total. The summed E-state index contributed by atoms with van der Waals surface area (Å²) in [7, 11) is 0. The Morgan fingerprint density at radius 3 is 3.12 bits per heavy atom. The molecule has 0 spiro atoms. The van der Waals surface area contributed by atoms with E-state index in [1.165, 1.54) is 12.0 Å². The molecule has 2 unspecified atom stereocenters. The molecule has 0 aromatic carbocycles. The molecule has 96 valence electrons. The zero-order valence-electron chi connectivity index (χ0n) is 10.9. The molecule has 4 heteroatoms. The van der Waals surface area contributed by atoms with Gasteiger partial charge in [-0.3, -0.25) is 4.68 Å². The van der Waals surface area contributed by atoms with Gasteiger partial charge in [0, 0.05) is 24.4 Å². The molecule has 0 bridgehead atoms. The van der Waals surface area contributed by atoms with Crippen LogP contribution in [0.1, 0.15) is 50.8 Å². The summed E-state index contributed by atoms with van der Waals surface area (Å²) in [5.41, 5.74) is 1.30. The van der Waals surface area contributed by atoms with Gasteiger partial charge in [0.25, 0.3) is 0 Å². The fraction of sp³-hybridized carbons (Fsp3) is 0.769. The third-order valence-corrected chi connectivity index (χ3v) is 3.35. The van der Waals surface area contributed by atoms with Crippen LogP contribution in [-0.4, -0.2) is 29.5 Å². The second-order valence-corrected chi connectivity index (χ2v) is 4.69. The van der Waals surface area contributed by atoms with Crippen LogP contribution < -0.4 is 5.32 Å². The highest BCUT2D eigenvalue weighted by Crippen LogP contribution is 2.21. The first-order valence-electron chi connectivity index (χ1n) is 6.70. The SMILES string of the molecule is CCCNC(CC)c1cnn(C2CCOC2)c1. The van der Waals surface area contributed by atoms with E-state index in [1.807, 2.05) is 6.20 Å². The van der Waals surface area contributed by atoms with Crippen molar-refractivity contribution in [3.8, 4) is 0 Å². The molecule has 1 aromatic rings. The van der Waals surface area contributed by atoms with Crippen molar-refractivity contribution in [2.45, 2.75) is 45.2 Å². The summed E-state index contributed by atoms with van der Waals surface area (Å²) in [6.07, 6.45) is 7.53. The molecule has 1 aliphatic rings. The van der Waals surface area contributed by atoms with Crippen LogP contribution >= 0.6 is 0 Å². The molecule has 0 saturated carbocycles. The fourth-order valence-corrected chi connectivity index (χ4v) is 2.28. The minimum atomic E-state index is 0.436. The van der Waals surface area contributed by atoms with E-state index in [0.29, 0.717) is 12.1 Å². The fourth-order valence-electron chi connectivity index (χ4n) is 2.28. The second kappa shape index (κ2) is 6.17. The van der Waals surface area contributed by atoms with E-state index < -0.39 is 0 Å². The van der Waals surface area contributed by atoms with Crippen molar-refractivity contribution in [2.75, 3.05) is 19.8 Å². The van der Waals surface area contributed by atoms with Crippen LogP contribution in [0.4, 0.5) is 0 Å². The summed E-state index contributed by atoms with van der Waals surface area (Å²) in [5.74, 6) is 0. The molecular formula is C13H23N3O. The van der Waals surface area contributed by atoms with Gasteiger partial charge in [-0.15, -0.1) is 0 Å². The van der Waals surface area contributed by atoms with E-state index in [4.69, 9.17) is 4.74 Å². The first-order chi connectivity index (χ1) is 8.35. The lowest BCUT2D eigenvalue weighted by Gasteiger charge is -2.14. The van der Waals surface area contributed by atoms with E-state index in [-0.39, 0.29) is 0 Å². The van der Waals surface area contributed by atoms with Gasteiger partial charge >= 0.3 is 0 Å². The van der Waals surface area contributed by atoms with Gasteiger partial charge in [-0.1, -0.05) is 13.8 Å². The van der Waals surface area contributed by atoms with Crippen LogP contribution in [0.2, 0.25) is 0 Å². The Balaban J connectivity index is 1.99. The molecular weight excluding hydrogens is 214 g/mol. The number of aromatic nitrogens is 2. The van der Waals surface area contributed by atoms with Crippen molar-refractivity contribution in [1.29, 1.82) is 0 Å². The minimum absolute atomic E-state index is 0.436. The molecule has 1 fully saturated rings. The predicted molar refractivity (Wildman–Crippen MR) is 68.0 cm³/mol. The lowest BCUT2D eigenvalue weighted by molar-refractivity contribution is 0.184. The molecule has 0 radical (unpaired) electrons. The Morgan fingerprint density at radius 2 is 2.47 bits per heavy atom. The smallest absolute Gasteiger partial charge is 0.0774 e. The Labute approximate surface area is 103 Å². The highest BCUT2D eigenvalue weighted by molar-refractivity contribution is 5.10. The predicted octanol–water partition coefficient (Wildman–Crippen LogP) is 2.30. The van der Waals surface area contributed by atoms with Crippen LogP contribution in [0.3, 0.4) is 0 Å². The molecule has 0 amide bonds. The maximum absolute atomic E-state index is 5.40. The summed E-state index contributed by atoms with van der Waals surface area (Å²) < 4.78 is 7.46. The normalized spacial score (nSPS) is 21.9. The van der Waals surface area contributed by atoms with E-state index in [9.17, 15) is 0 Å². The molecule has 1 aromatic heterocycles. The van der Waals surface area contributed by atoms with Crippen LogP contribution in [-0.2, 0) is 4.74 Å². The molecule has 1 saturated heterocycles. The van der Waals surface area contributed by atoms with Crippen molar-refractivity contribution < 1.29 is 4.74 Å². The summed E-state index contributed by atoms with van der Waals surface area (Å²) in [6.45, 7) is 7.14. The quantitative estimate of drug-likeness (QED) is 0.825. The zero-order valence-corrected chi connectivity index (χ0v) is 10.9. The van der Waals surface area contributed by atoms with Crippen LogP contribution in [0, 0.1) is 0 Å². The standard InChI is InChI=1S/C13H23N3O/c1-3-6-14-13(4-2)11-8-15-16(9-11)12-5-7-17-10-12/h8-9,12-14H,3-7,10H2,1-2H3. The van der Waals surface area contributed by atoms with Gasteiger partial charge < -0.3 is 10.1 Å². The first kappa shape index (κ1) is 12.6. The average molecular weight is 237 g/mol. The summed E-state index contributed by atoms with van der Waals surface area (Å²) in [4.78, 5) is 0. The first-order valence-corrected chi connectivity index (χ1v) is 6.70. The van der Waals surface area contributed by atoms with Gasteiger partial charge in [-0.25, -0.2) is 0 Å². The number of nitrogens with zero attached hydrogens (tertiary/aromatic N) is 2. The number of rotatable bonds is 6. The van der Waals surface area contributed by atoms with Crippen molar-refractivity contribution in [3.05, 3.63) is 18.0 Å². The maximum atomic E-state index is 5.40. The maximum Gasteiger partial charge on any atom is 0.0774 e. The Bertz CT molecular complexity index is 331. The summed E-state index contributed by atoms with van der Waals surface area (Å²) in [6, 6.07) is 0.874. The molecule has 2 atom stereocenters. The third-order valence-electron chi connectivity index (χ3n) is 3.35. The number of ether oxygens (including phenoxy) is 1. The van der Waals surface area contributed by atoms with Crippen molar-refractivity contribution in [1.82, 2.24) is 15.1 Å². The molecule has 1 aliphatic heterocycles. The van der Waals surface area contributed by atoms with Gasteiger partial charge in [0.2, 0.25) is 0 Å². The van der Waals surface area contributed by atoms with E-state index in [2.05, 4.69) is 35.1 Å². The molecule has 17 heavy (non-hydrogen) atoms. The van der Waals surface area contributed by atoms with Crippen molar-refractivity contribution in [2.24, 2.45) is 0 Å². The third kappa shape index (κ3) is 3.07. The lowest BCUT2D eigenvalue weighted by Crippen LogP contribution is -2.21. The molecule has 2 heterocycles. The van der Waals surface area contributed by atoms with Crippen LogP contribution in [0.5, 0.6) is 0 Å². The van der Waals surface area contributed by atoms with Gasteiger partial charge in [-0.05, 0) is 25.8 Å².